The molecule has 0 heterocycles. The van der Waals surface area contributed by atoms with E-state index < -0.39 is 18.2 Å². The van der Waals surface area contributed by atoms with Crippen molar-refractivity contribution in [3.05, 3.63) is 29.6 Å². The minimum absolute atomic E-state index is 0.00667. The Morgan fingerprint density at radius 3 is 2.65 bits per heavy atom. The first kappa shape index (κ1) is 15.1. The molecular formula is C14H18F3NO2. The second kappa shape index (κ2) is 6.01. The summed E-state index contributed by atoms with van der Waals surface area (Å²) in [5, 5.41) is 12.6. The van der Waals surface area contributed by atoms with Gasteiger partial charge in [0.1, 0.15) is 0 Å². The van der Waals surface area contributed by atoms with Gasteiger partial charge in [0.2, 0.25) is 0 Å². The summed E-state index contributed by atoms with van der Waals surface area (Å²) in [6.45, 7) is -0.748. The van der Waals surface area contributed by atoms with Gasteiger partial charge in [0.25, 0.3) is 0 Å². The molecule has 1 aliphatic rings. The van der Waals surface area contributed by atoms with E-state index in [1.807, 2.05) is 6.92 Å². The molecule has 3 nitrogen and oxygen atoms in total. The normalized spacial score (nSPS) is 18.1. The Bertz CT molecular complexity index is 466. The van der Waals surface area contributed by atoms with E-state index in [1.165, 1.54) is 12.1 Å². The number of rotatable bonds is 7. The van der Waals surface area contributed by atoms with E-state index in [9.17, 15) is 18.3 Å². The summed E-state index contributed by atoms with van der Waals surface area (Å²) < 4.78 is 41.6. The summed E-state index contributed by atoms with van der Waals surface area (Å²) in [7, 11) is 0. The van der Waals surface area contributed by atoms with Crippen LogP contribution in [0.25, 0.3) is 0 Å². The number of hydrogen-bond acceptors (Lipinski definition) is 3. The summed E-state index contributed by atoms with van der Waals surface area (Å²) >= 11 is 0. The SMILES string of the molecule is CC(CO)(NCc1ccc(OC(F)F)c(F)c1)C1CC1. The molecule has 0 spiro atoms. The highest BCUT2D eigenvalue weighted by Gasteiger charge is 2.40. The van der Waals surface area contributed by atoms with Crippen LogP contribution in [-0.2, 0) is 6.54 Å². The monoisotopic (exact) mass is 289 g/mol. The molecule has 1 aliphatic carbocycles. The molecule has 1 saturated carbocycles. The van der Waals surface area contributed by atoms with Crippen LogP contribution in [-0.4, -0.2) is 23.9 Å². The highest BCUT2D eigenvalue weighted by atomic mass is 19.3. The fourth-order valence-electron chi connectivity index (χ4n) is 2.20. The third-order valence-corrected chi connectivity index (χ3v) is 3.72. The van der Waals surface area contributed by atoms with E-state index in [2.05, 4.69) is 10.1 Å². The Labute approximate surface area is 115 Å². The van der Waals surface area contributed by atoms with Crippen molar-refractivity contribution in [2.75, 3.05) is 6.61 Å². The van der Waals surface area contributed by atoms with Crippen LogP contribution in [0.1, 0.15) is 25.3 Å². The highest BCUT2D eigenvalue weighted by Crippen LogP contribution is 2.39. The maximum atomic E-state index is 13.5. The molecule has 0 amide bonds. The second-order valence-electron chi connectivity index (χ2n) is 5.35. The van der Waals surface area contributed by atoms with Crippen molar-refractivity contribution < 1.29 is 23.0 Å². The summed E-state index contributed by atoms with van der Waals surface area (Å²) in [5.41, 5.74) is 0.235. The molecule has 0 saturated heterocycles. The molecule has 2 N–H and O–H groups in total. The second-order valence-corrected chi connectivity index (χ2v) is 5.35. The highest BCUT2D eigenvalue weighted by molar-refractivity contribution is 5.29. The van der Waals surface area contributed by atoms with Crippen molar-refractivity contribution in [1.29, 1.82) is 0 Å². The molecule has 6 heteroatoms. The lowest BCUT2D eigenvalue weighted by Crippen LogP contribution is -2.47. The smallest absolute Gasteiger partial charge is 0.387 e. The van der Waals surface area contributed by atoms with Gasteiger partial charge < -0.3 is 15.2 Å². The molecular weight excluding hydrogens is 271 g/mol. The van der Waals surface area contributed by atoms with E-state index in [-0.39, 0.29) is 12.1 Å². The van der Waals surface area contributed by atoms with Gasteiger partial charge in [-0.15, -0.1) is 0 Å². The van der Waals surface area contributed by atoms with Crippen molar-refractivity contribution in [3.8, 4) is 5.75 Å². The van der Waals surface area contributed by atoms with Crippen LogP contribution in [0.2, 0.25) is 0 Å². The number of halogens is 3. The standard InChI is InChI=1S/C14H18F3NO2/c1-14(8-19,10-3-4-10)18-7-9-2-5-12(11(15)6-9)20-13(16)17/h2,5-6,10,13,18-19H,3-4,7-8H2,1H3. The van der Waals surface area contributed by atoms with Gasteiger partial charge in [0.05, 0.1) is 6.61 Å². The molecule has 0 aliphatic heterocycles. The fraction of sp³-hybridized carbons (Fsp3) is 0.571. The average molecular weight is 289 g/mol. The van der Waals surface area contributed by atoms with Gasteiger partial charge in [0.15, 0.2) is 11.6 Å². The molecule has 20 heavy (non-hydrogen) atoms. The Morgan fingerprint density at radius 1 is 1.45 bits per heavy atom. The Balaban J connectivity index is 1.98. The van der Waals surface area contributed by atoms with Crippen LogP contribution < -0.4 is 10.1 Å². The predicted molar refractivity (Wildman–Crippen MR) is 68.1 cm³/mol. The molecule has 0 bridgehead atoms. The van der Waals surface area contributed by atoms with Gasteiger partial charge in [0, 0.05) is 12.1 Å². The van der Waals surface area contributed by atoms with E-state index in [0.29, 0.717) is 18.0 Å². The minimum atomic E-state index is -3.04. The van der Waals surface area contributed by atoms with Crippen molar-refractivity contribution in [1.82, 2.24) is 5.32 Å². The quantitative estimate of drug-likeness (QED) is 0.811. The van der Waals surface area contributed by atoms with Gasteiger partial charge >= 0.3 is 6.61 Å². The molecule has 1 unspecified atom stereocenters. The van der Waals surface area contributed by atoms with Crippen molar-refractivity contribution in [2.24, 2.45) is 5.92 Å². The Kier molecular flexibility index (Phi) is 4.55. The summed E-state index contributed by atoms with van der Waals surface area (Å²) in [5.74, 6) is -0.851. The first-order chi connectivity index (χ1) is 9.44. The predicted octanol–water partition coefficient (Wildman–Crippen LogP) is 2.68. The fourth-order valence-corrected chi connectivity index (χ4v) is 2.20. The third-order valence-electron chi connectivity index (χ3n) is 3.72. The summed E-state index contributed by atoms with van der Waals surface area (Å²) in [6, 6.07) is 3.87. The molecule has 1 aromatic rings. The van der Waals surface area contributed by atoms with E-state index in [0.717, 1.165) is 18.9 Å². The minimum Gasteiger partial charge on any atom is -0.432 e. The van der Waals surface area contributed by atoms with Crippen molar-refractivity contribution >= 4 is 0 Å². The number of nitrogens with one attached hydrogen (secondary N) is 1. The number of hydrogen-bond donors (Lipinski definition) is 2. The maximum Gasteiger partial charge on any atom is 0.387 e. The molecule has 1 aromatic carbocycles. The summed E-state index contributed by atoms with van der Waals surface area (Å²) in [6.07, 6.45) is 2.14. The topological polar surface area (TPSA) is 41.5 Å². The number of aliphatic hydroxyl groups is 1. The lowest BCUT2D eigenvalue weighted by molar-refractivity contribution is -0.0522. The van der Waals surface area contributed by atoms with Crippen LogP contribution >= 0.6 is 0 Å². The zero-order valence-electron chi connectivity index (χ0n) is 11.2. The van der Waals surface area contributed by atoms with E-state index in [4.69, 9.17) is 0 Å². The lowest BCUT2D eigenvalue weighted by atomic mass is 9.96. The van der Waals surface area contributed by atoms with E-state index in [1.54, 1.807) is 0 Å². The molecule has 0 radical (unpaired) electrons. The zero-order valence-corrected chi connectivity index (χ0v) is 11.2. The van der Waals surface area contributed by atoms with Gasteiger partial charge in [-0.25, -0.2) is 4.39 Å². The Morgan fingerprint density at radius 2 is 2.15 bits per heavy atom. The largest absolute Gasteiger partial charge is 0.432 e. The number of aliphatic hydroxyl groups excluding tert-OH is 1. The van der Waals surface area contributed by atoms with E-state index >= 15 is 0 Å². The Hall–Kier alpha value is -1.27. The first-order valence-electron chi connectivity index (χ1n) is 6.54. The third kappa shape index (κ3) is 3.64. The van der Waals surface area contributed by atoms with Gasteiger partial charge in [-0.3, -0.25) is 0 Å². The van der Waals surface area contributed by atoms with Crippen LogP contribution in [0.5, 0.6) is 5.75 Å². The molecule has 1 atom stereocenters. The van der Waals surface area contributed by atoms with Crippen LogP contribution in [0.3, 0.4) is 0 Å². The van der Waals surface area contributed by atoms with Gasteiger partial charge in [-0.05, 0) is 43.4 Å². The molecule has 2 rings (SSSR count). The van der Waals surface area contributed by atoms with Gasteiger partial charge in [-0.1, -0.05) is 6.07 Å². The summed E-state index contributed by atoms with van der Waals surface area (Å²) in [4.78, 5) is 0. The van der Waals surface area contributed by atoms with Crippen LogP contribution in [0.4, 0.5) is 13.2 Å². The number of ether oxygens (including phenoxy) is 1. The molecule has 112 valence electrons. The maximum absolute atomic E-state index is 13.5. The van der Waals surface area contributed by atoms with Crippen molar-refractivity contribution in [3.63, 3.8) is 0 Å². The van der Waals surface area contributed by atoms with Crippen LogP contribution in [0, 0.1) is 11.7 Å². The molecule has 0 aromatic heterocycles. The van der Waals surface area contributed by atoms with Crippen molar-refractivity contribution in [2.45, 2.75) is 38.5 Å². The van der Waals surface area contributed by atoms with Gasteiger partial charge in [-0.2, -0.15) is 8.78 Å². The lowest BCUT2D eigenvalue weighted by Gasteiger charge is -2.29. The molecule has 1 fully saturated rings. The average Bonchev–Trinajstić information content (AvgIpc) is 3.23. The first-order valence-corrected chi connectivity index (χ1v) is 6.54. The zero-order chi connectivity index (χ0) is 14.8. The number of benzene rings is 1. The number of alkyl halides is 2. The van der Waals surface area contributed by atoms with Crippen LogP contribution in [0.15, 0.2) is 18.2 Å².